The molecule has 2 N–H and O–H groups in total. The Morgan fingerprint density at radius 2 is 2.24 bits per heavy atom. The van der Waals surface area contributed by atoms with Crippen molar-refractivity contribution < 1.29 is 9.90 Å². The first-order valence-corrected chi connectivity index (χ1v) is 6.75. The van der Waals surface area contributed by atoms with Gasteiger partial charge in [0.25, 0.3) is 0 Å². The Morgan fingerprint density at radius 3 is 2.82 bits per heavy atom. The molecule has 1 aromatic rings. The number of thioether (sulfide) groups is 1. The first-order chi connectivity index (χ1) is 8.17. The minimum atomic E-state index is -1.02. The topological polar surface area (TPSA) is 75.1 Å². The maximum Gasteiger partial charge on any atom is 0.354 e. The quantitative estimate of drug-likeness (QED) is 0.778. The second kappa shape index (κ2) is 7.11. The van der Waals surface area contributed by atoms with E-state index < -0.39 is 5.97 Å². The number of anilines is 1. The molecular formula is C11H17N3O2S. The first-order valence-electron chi connectivity index (χ1n) is 5.60. The molecule has 0 aliphatic carbocycles. The van der Waals surface area contributed by atoms with Crippen molar-refractivity contribution in [1.82, 2.24) is 9.97 Å². The zero-order valence-corrected chi connectivity index (χ0v) is 10.9. The van der Waals surface area contributed by atoms with E-state index in [0.717, 1.165) is 18.7 Å². The van der Waals surface area contributed by atoms with Crippen LogP contribution in [0, 0.1) is 0 Å². The Balaban J connectivity index is 2.88. The molecule has 0 aromatic carbocycles. The SMILES string of the molecule is CCCNc1cc(C(=O)O)nc(CSCC)n1. The van der Waals surface area contributed by atoms with Gasteiger partial charge in [0.1, 0.15) is 11.6 Å². The van der Waals surface area contributed by atoms with Gasteiger partial charge in [-0.05, 0) is 12.2 Å². The zero-order valence-electron chi connectivity index (χ0n) is 10.1. The second-order valence-electron chi connectivity index (χ2n) is 3.42. The molecule has 6 heteroatoms. The molecule has 0 saturated carbocycles. The van der Waals surface area contributed by atoms with Crippen molar-refractivity contribution in [3.63, 3.8) is 0 Å². The maximum atomic E-state index is 10.9. The lowest BCUT2D eigenvalue weighted by Gasteiger charge is -2.07. The summed E-state index contributed by atoms with van der Waals surface area (Å²) < 4.78 is 0. The minimum Gasteiger partial charge on any atom is -0.477 e. The summed E-state index contributed by atoms with van der Waals surface area (Å²) in [5.41, 5.74) is 0.0466. The summed E-state index contributed by atoms with van der Waals surface area (Å²) >= 11 is 1.67. The molecule has 1 heterocycles. The lowest BCUT2D eigenvalue weighted by atomic mass is 10.3. The highest BCUT2D eigenvalue weighted by atomic mass is 32.2. The Hall–Kier alpha value is -1.30. The molecule has 0 amide bonds. The molecule has 0 bridgehead atoms. The molecule has 94 valence electrons. The standard InChI is InChI=1S/C11H17N3O2S/c1-3-5-12-9-6-8(11(15)16)13-10(14-9)7-17-4-2/h6H,3-5,7H2,1-2H3,(H,15,16)(H,12,13,14). The fraction of sp³-hybridized carbons (Fsp3) is 0.545. The lowest BCUT2D eigenvalue weighted by molar-refractivity contribution is 0.0690. The van der Waals surface area contributed by atoms with Crippen LogP contribution in [-0.4, -0.2) is 33.3 Å². The average Bonchev–Trinajstić information content (AvgIpc) is 2.33. The van der Waals surface area contributed by atoms with Crippen molar-refractivity contribution in [1.29, 1.82) is 0 Å². The summed E-state index contributed by atoms with van der Waals surface area (Å²) in [7, 11) is 0. The number of aromatic nitrogens is 2. The number of hydrogen-bond donors (Lipinski definition) is 2. The first kappa shape index (κ1) is 13.8. The van der Waals surface area contributed by atoms with Crippen molar-refractivity contribution in [2.24, 2.45) is 0 Å². The fourth-order valence-corrected chi connectivity index (χ4v) is 1.72. The number of carboxylic acids is 1. The monoisotopic (exact) mass is 255 g/mol. The largest absolute Gasteiger partial charge is 0.477 e. The molecule has 1 rings (SSSR count). The highest BCUT2D eigenvalue weighted by molar-refractivity contribution is 7.98. The van der Waals surface area contributed by atoms with Crippen molar-refractivity contribution in [3.05, 3.63) is 17.6 Å². The highest BCUT2D eigenvalue weighted by Gasteiger charge is 2.09. The van der Waals surface area contributed by atoms with Crippen molar-refractivity contribution in [3.8, 4) is 0 Å². The number of carbonyl (C=O) groups is 1. The van der Waals surface area contributed by atoms with Crippen LogP contribution in [0.1, 0.15) is 36.6 Å². The van der Waals surface area contributed by atoms with E-state index in [1.165, 1.54) is 6.07 Å². The van der Waals surface area contributed by atoms with Crippen LogP contribution in [0.2, 0.25) is 0 Å². The third kappa shape index (κ3) is 4.60. The number of nitrogens with one attached hydrogen (secondary N) is 1. The number of aromatic carboxylic acids is 1. The molecule has 0 unspecified atom stereocenters. The summed E-state index contributed by atoms with van der Waals surface area (Å²) in [6.45, 7) is 4.86. The van der Waals surface area contributed by atoms with E-state index in [4.69, 9.17) is 5.11 Å². The molecule has 0 atom stereocenters. The normalized spacial score (nSPS) is 10.2. The van der Waals surface area contributed by atoms with Crippen LogP contribution >= 0.6 is 11.8 Å². The van der Waals surface area contributed by atoms with Gasteiger partial charge < -0.3 is 10.4 Å². The van der Waals surface area contributed by atoms with Gasteiger partial charge in [0.15, 0.2) is 5.69 Å². The molecule has 0 saturated heterocycles. The molecule has 0 radical (unpaired) electrons. The molecule has 0 aliphatic heterocycles. The molecule has 0 aliphatic rings. The Morgan fingerprint density at radius 1 is 1.47 bits per heavy atom. The van der Waals surface area contributed by atoms with Crippen LogP contribution in [0.25, 0.3) is 0 Å². The second-order valence-corrected chi connectivity index (χ2v) is 4.70. The Labute approximate surface area is 105 Å². The van der Waals surface area contributed by atoms with E-state index in [1.807, 2.05) is 13.8 Å². The van der Waals surface area contributed by atoms with Gasteiger partial charge in [-0.3, -0.25) is 0 Å². The summed E-state index contributed by atoms with van der Waals surface area (Å²) in [5, 5.41) is 12.0. The number of hydrogen-bond acceptors (Lipinski definition) is 5. The summed E-state index contributed by atoms with van der Waals surface area (Å²) in [5.74, 6) is 1.73. The minimum absolute atomic E-state index is 0.0466. The van der Waals surface area contributed by atoms with Gasteiger partial charge in [0, 0.05) is 12.6 Å². The lowest BCUT2D eigenvalue weighted by Crippen LogP contribution is -2.09. The average molecular weight is 255 g/mol. The van der Waals surface area contributed by atoms with Gasteiger partial charge >= 0.3 is 5.97 Å². The van der Waals surface area contributed by atoms with E-state index >= 15 is 0 Å². The van der Waals surface area contributed by atoms with E-state index in [-0.39, 0.29) is 5.69 Å². The van der Waals surface area contributed by atoms with Crippen LogP contribution in [0.3, 0.4) is 0 Å². The Kier molecular flexibility index (Phi) is 5.76. The van der Waals surface area contributed by atoms with Crippen LogP contribution in [0.15, 0.2) is 6.07 Å². The highest BCUT2D eigenvalue weighted by Crippen LogP contribution is 2.12. The van der Waals surface area contributed by atoms with E-state index in [9.17, 15) is 4.79 Å². The van der Waals surface area contributed by atoms with Gasteiger partial charge in [-0.15, -0.1) is 0 Å². The van der Waals surface area contributed by atoms with Crippen LogP contribution in [0.4, 0.5) is 5.82 Å². The number of rotatable bonds is 7. The smallest absolute Gasteiger partial charge is 0.354 e. The molecule has 0 fully saturated rings. The maximum absolute atomic E-state index is 10.9. The fourth-order valence-electron chi connectivity index (χ4n) is 1.21. The number of nitrogens with zero attached hydrogens (tertiary/aromatic N) is 2. The van der Waals surface area contributed by atoms with Crippen LogP contribution < -0.4 is 5.32 Å². The van der Waals surface area contributed by atoms with Crippen molar-refractivity contribution in [2.75, 3.05) is 17.6 Å². The zero-order chi connectivity index (χ0) is 12.7. The van der Waals surface area contributed by atoms with Gasteiger partial charge in [-0.25, -0.2) is 14.8 Å². The Bertz CT molecular complexity index is 359. The third-order valence-corrected chi connectivity index (χ3v) is 2.85. The molecule has 0 spiro atoms. The van der Waals surface area contributed by atoms with Crippen LogP contribution in [-0.2, 0) is 5.75 Å². The van der Waals surface area contributed by atoms with Crippen LogP contribution in [0.5, 0.6) is 0 Å². The molecule has 17 heavy (non-hydrogen) atoms. The summed E-state index contributed by atoms with van der Waals surface area (Å²) in [6, 6.07) is 1.47. The molecule has 5 nitrogen and oxygen atoms in total. The third-order valence-electron chi connectivity index (χ3n) is 1.98. The molecule has 1 aromatic heterocycles. The van der Waals surface area contributed by atoms with Gasteiger partial charge in [0.2, 0.25) is 0 Å². The summed E-state index contributed by atoms with van der Waals surface area (Å²) in [6.07, 6.45) is 0.964. The summed E-state index contributed by atoms with van der Waals surface area (Å²) in [4.78, 5) is 19.2. The predicted molar refractivity (Wildman–Crippen MR) is 69.6 cm³/mol. The van der Waals surface area contributed by atoms with Gasteiger partial charge in [0.05, 0.1) is 5.75 Å². The van der Waals surface area contributed by atoms with E-state index in [2.05, 4.69) is 15.3 Å². The van der Waals surface area contributed by atoms with E-state index in [0.29, 0.717) is 17.4 Å². The van der Waals surface area contributed by atoms with Crippen molar-refractivity contribution in [2.45, 2.75) is 26.0 Å². The van der Waals surface area contributed by atoms with E-state index in [1.54, 1.807) is 11.8 Å². The van der Waals surface area contributed by atoms with Gasteiger partial charge in [-0.1, -0.05) is 13.8 Å². The van der Waals surface area contributed by atoms with Crippen molar-refractivity contribution >= 4 is 23.5 Å². The molecular weight excluding hydrogens is 238 g/mol. The number of carboxylic acid groups (broad SMARTS) is 1. The predicted octanol–water partition coefficient (Wildman–Crippen LogP) is 2.25. The van der Waals surface area contributed by atoms with Gasteiger partial charge in [-0.2, -0.15) is 11.8 Å².